The van der Waals surface area contributed by atoms with Crippen molar-refractivity contribution in [2.24, 2.45) is 0 Å². The highest BCUT2D eigenvalue weighted by Gasteiger charge is 2.34. The van der Waals surface area contributed by atoms with Crippen LogP contribution in [-0.2, 0) is 6.54 Å². The lowest BCUT2D eigenvalue weighted by Crippen LogP contribution is -2.27. The van der Waals surface area contributed by atoms with E-state index in [1.54, 1.807) is 0 Å². The van der Waals surface area contributed by atoms with Gasteiger partial charge in [-0.1, -0.05) is 12.8 Å². The van der Waals surface area contributed by atoms with Crippen LogP contribution < -0.4 is 5.73 Å². The van der Waals surface area contributed by atoms with Crippen LogP contribution in [0.3, 0.4) is 0 Å². The maximum Gasteiger partial charge on any atom is 0.202 e. The van der Waals surface area contributed by atoms with Crippen molar-refractivity contribution in [2.75, 3.05) is 12.0 Å². The normalized spacial score (nSPS) is 18.2. The summed E-state index contributed by atoms with van der Waals surface area (Å²) in [5.74, 6) is 0.591. The van der Waals surface area contributed by atoms with Crippen molar-refractivity contribution in [3.8, 4) is 0 Å². The van der Waals surface area contributed by atoms with E-state index in [1.807, 2.05) is 30.8 Å². The Hall–Kier alpha value is -1.23. The summed E-state index contributed by atoms with van der Waals surface area (Å²) in [5.41, 5.74) is 8.94. The number of nitrogens with zero attached hydrogens (tertiary/aromatic N) is 3. The highest BCUT2D eigenvalue weighted by atomic mass is 32.2. The van der Waals surface area contributed by atoms with Gasteiger partial charge in [-0.25, -0.2) is 9.97 Å². The summed E-state index contributed by atoms with van der Waals surface area (Å²) in [5, 5.41) is 0. The number of rotatable bonds is 3. The molecule has 1 fully saturated rings. The number of nitrogen functional groups attached to an aromatic ring is 1. The summed E-state index contributed by atoms with van der Waals surface area (Å²) in [6, 6.07) is 3.99. The van der Waals surface area contributed by atoms with Gasteiger partial charge in [-0.3, -0.25) is 4.57 Å². The van der Waals surface area contributed by atoms with Gasteiger partial charge in [-0.2, -0.15) is 11.8 Å². The predicted octanol–water partition coefficient (Wildman–Crippen LogP) is 3.00. The number of hydrogen-bond donors (Lipinski definition) is 1. The first-order valence-electron chi connectivity index (χ1n) is 6.78. The number of aryl methyl sites for hydroxylation is 1. The lowest BCUT2D eigenvalue weighted by atomic mass is 10.1. The van der Waals surface area contributed by atoms with Gasteiger partial charge in [0.05, 0.1) is 0 Å². The number of anilines is 1. The van der Waals surface area contributed by atoms with Gasteiger partial charge in [0.15, 0.2) is 5.65 Å². The molecule has 0 aromatic carbocycles. The molecule has 0 saturated heterocycles. The second kappa shape index (κ2) is 4.71. The molecule has 1 saturated carbocycles. The topological polar surface area (TPSA) is 56.7 Å². The van der Waals surface area contributed by atoms with E-state index in [2.05, 4.69) is 20.8 Å². The average Bonchev–Trinajstić information content (AvgIpc) is 2.98. The number of thioether (sulfide) groups is 1. The largest absolute Gasteiger partial charge is 0.369 e. The molecule has 0 unspecified atom stereocenters. The van der Waals surface area contributed by atoms with Crippen molar-refractivity contribution in [1.82, 2.24) is 14.5 Å². The molecule has 3 rings (SSSR count). The summed E-state index contributed by atoms with van der Waals surface area (Å²) < 4.78 is 2.41. The monoisotopic (exact) mass is 276 g/mol. The van der Waals surface area contributed by atoms with Crippen molar-refractivity contribution in [2.45, 2.75) is 43.9 Å². The van der Waals surface area contributed by atoms with Crippen LogP contribution in [0.25, 0.3) is 11.2 Å². The fourth-order valence-corrected chi connectivity index (χ4v) is 3.96. The van der Waals surface area contributed by atoms with Gasteiger partial charge in [0.2, 0.25) is 5.95 Å². The quantitative estimate of drug-likeness (QED) is 0.936. The van der Waals surface area contributed by atoms with Crippen LogP contribution in [0, 0.1) is 6.92 Å². The van der Waals surface area contributed by atoms with Gasteiger partial charge in [0, 0.05) is 17.0 Å². The Bertz CT molecular complexity index is 599. The molecule has 2 N–H and O–H groups in total. The molecule has 5 heteroatoms. The standard InChI is InChI=1S/C14H20N4S/c1-10-5-6-11-12(16-10)18(13(15)17-11)9-14(19-2)7-3-4-8-14/h5-6H,3-4,7-9H2,1-2H3,(H2,15,17). The Morgan fingerprint density at radius 2 is 2.05 bits per heavy atom. The highest BCUT2D eigenvalue weighted by Crippen LogP contribution is 2.42. The average molecular weight is 276 g/mol. The first-order valence-corrected chi connectivity index (χ1v) is 8.01. The zero-order valence-electron chi connectivity index (χ0n) is 11.5. The van der Waals surface area contributed by atoms with Crippen LogP contribution >= 0.6 is 11.8 Å². The summed E-state index contributed by atoms with van der Waals surface area (Å²) in [4.78, 5) is 9.05. The van der Waals surface area contributed by atoms with Crippen LogP contribution in [-0.4, -0.2) is 25.5 Å². The molecule has 1 aliphatic rings. The predicted molar refractivity (Wildman–Crippen MR) is 81.4 cm³/mol. The number of imidazole rings is 1. The van der Waals surface area contributed by atoms with Crippen molar-refractivity contribution in [3.63, 3.8) is 0 Å². The molecule has 4 nitrogen and oxygen atoms in total. The third kappa shape index (κ3) is 2.20. The van der Waals surface area contributed by atoms with Crippen LogP contribution in [0.15, 0.2) is 12.1 Å². The van der Waals surface area contributed by atoms with Crippen LogP contribution in [0.2, 0.25) is 0 Å². The Balaban J connectivity index is 2.04. The van der Waals surface area contributed by atoms with Gasteiger partial charge < -0.3 is 5.73 Å². The fraction of sp³-hybridized carbons (Fsp3) is 0.571. The Labute approximate surface area is 117 Å². The van der Waals surface area contributed by atoms with Gasteiger partial charge in [-0.15, -0.1) is 0 Å². The number of nitrogens with two attached hydrogens (primary N) is 1. The molecular formula is C14H20N4S. The van der Waals surface area contributed by atoms with Crippen LogP contribution in [0.5, 0.6) is 0 Å². The van der Waals surface area contributed by atoms with Crippen molar-refractivity contribution < 1.29 is 0 Å². The molecule has 0 amide bonds. The Kier molecular flexibility index (Phi) is 3.17. The summed E-state index contributed by atoms with van der Waals surface area (Å²) in [6.45, 7) is 2.93. The molecule has 0 spiro atoms. The second-order valence-electron chi connectivity index (χ2n) is 5.45. The molecule has 19 heavy (non-hydrogen) atoms. The molecule has 2 aromatic heterocycles. The van der Waals surface area contributed by atoms with E-state index in [0.29, 0.717) is 10.7 Å². The minimum absolute atomic E-state index is 0.313. The van der Waals surface area contributed by atoms with E-state index in [0.717, 1.165) is 23.4 Å². The van der Waals surface area contributed by atoms with Crippen LogP contribution in [0.1, 0.15) is 31.4 Å². The van der Waals surface area contributed by atoms with E-state index in [-0.39, 0.29) is 0 Å². The van der Waals surface area contributed by atoms with Crippen molar-refractivity contribution in [1.29, 1.82) is 0 Å². The SMILES string of the molecule is CSC1(Cn2c(N)nc3ccc(C)nc32)CCCC1. The Morgan fingerprint density at radius 1 is 1.32 bits per heavy atom. The third-order valence-electron chi connectivity index (χ3n) is 4.16. The molecule has 2 aromatic rings. The molecule has 2 heterocycles. The van der Waals surface area contributed by atoms with Crippen molar-refractivity contribution in [3.05, 3.63) is 17.8 Å². The lowest BCUT2D eigenvalue weighted by molar-refractivity contribution is 0.516. The summed E-state index contributed by atoms with van der Waals surface area (Å²) in [6.07, 6.45) is 7.37. The third-order valence-corrected chi connectivity index (χ3v) is 5.56. The van der Waals surface area contributed by atoms with E-state index >= 15 is 0 Å². The summed E-state index contributed by atoms with van der Waals surface area (Å²) in [7, 11) is 0. The molecular weight excluding hydrogens is 256 g/mol. The highest BCUT2D eigenvalue weighted by molar-refractivity contribution is 8.00. The van der Waals surface area contributed by atoms with Crippen LogP contribution in [0.4, 0.5) is 5.95 Å². The number of hydrogen-bond acceptors (Lipinski definition) is 4. The number of fused-ring (bicyclic) bond motifs is 1. The molecule has 0 radical (unpaired) electrons. The number of pyridine rings is 1. The number of aromatic nitrogens is 3. The van der Waals surface area contributed by atoms with E-state index in [9.17, 15) is 0 Å². The van der Waals surface area contributed by atoms with E-state index in [4.69, 9.17) is 5.73 Å². The first kappa shape index (κ1) is 12.8. The Morgan fingerprint density at radius 3 is 2.74 bits per heavy atom. The second-order valence-corrected chi connectivity index (χ2v) is 6.72. The first-order chi connectivity index (χ1) is 9.13. The van der Waals surface area contributed by atoms with Gasteiger partial charge in [0.25, 0.3) is 0 Å². The molecule has 0 atom stereocenters. The van der Waals surface area contributed by atoms with Gasteiger partial charge in [0.1, 0.15) is 5.52 Å². The van der Waals surface area contributed by atoms with Crippen molar-refractivity contribution >= 4 is 28.9 Å². The smallest absolute Gasteiger partial charge is 0.202 e. The minimum Gasteiger partial charge on any atom is -0.369 e. The van der Waals surface area contributed by atoms with E-state index < -0.39 is 0 Å². The van der Waals surface area contributed by atoms with Gasteiger partial charge >= 0.3 is 0 Å². The molecule has 0 bridgehead atoms. The van der Waals surface area contributed by atoms with E-state index in [1.165, 1.54) is 25.7 Å². The molecule has 102 valence electrons. The zero-order valence-corrected chi connectivity index (χ0v) is 12.3. The lowest BCUT2D eigenvalue weighted by Gasteiger charge is -2.27. The maximum absolute atomic E-state index is 6.10. The maximum atomic E-state index is 6.10. The fourth-order valence-electron chi connectivity index (χ4n) is 3.00. The summed E-state index contributed by atoms with van der Waals surface area (Å²) >= 11 is 1.97. The molecule has 0 aliphatic heterocycles. The minimum atomic E-state index is 0.313. The van der Waals surface area contributed by atoms with Gasteiger partial charge in [-0.05, 0) is 38.2 Å². The zero-order chi connectivity index (χ0) is 13.5. The molecule has 1 aliphatic carbocycles.